The Bertz CT molecular complexity index is 1420. The fourth-order valence-electron chi connectivity index (χ4n) is 5.50. The number of nitrogens with one attached hydrogen (secondary N) is 1. The van der Waals surface area contributed by atoms with Crippen LogP contribution in [0.25, 0.3) is 0 Å². The number of nitrogens with zero attached hydrogens (tertiary/aromatic N) is 3. The predicted molar refractivity (Wildman–Crippen MR) is 161 cm³/mol. The number of aliphatic imine (C=N–C) groups is 1. The number of hydrogen-bond donors (Lipinski definition) is 1. The Morgan fingerprint density at radius 3 is 2.25 bits per heavy atom. The van der Waals surface area contributed by atoms with Crippen LogP contribution in [0.5, 0.6) is 0 Å². The summed E-state index contributed by atoms with van der Waals surface area (Å²) in [7, 11) is 0. The van der Waals surface area contributed by atoms with Crippen molar-refractivity contribution in [2.45, 2.75) is 45.7 Å². The number of aryl methyl sites for hydroxylation is 1. The standard InChI is InChI=1S/C32H34Cl2N4O2/c1-4-21-5-14-27(24(18-21)17-20(2)3)31-36-29(22-6-10-25(33)11-7-22)30(23-8-12-26(34)13-9-23)38(31)32(40)37-16-15-35-28(39)19-37/h5-14,18,20,29-30H,4,15-17,19H2,1-3H3,(H,35,39). The van der Waals surface area contributed by atoms with Crippen LogP contribution < -0.4 is 5.32 Å². The summed E-state index contributed by atoms with van der Waals surface area (Å²) in [4.78, 5) is 35.4. The number of carbonyl (C=O) groups is 2. The van der Waals surface area contributed by atoms with Gasteiger partial charge in [-0.25, -0.2) is 4.79 Å². The molecule has 0 aliphatic carbocycles. The molecular weight excluding hydrogens is 543 g/mol. The number of amidine groups is 1. The van der Waals surface area contributed by atoms with Gasteiger partial charge in [-0.3, -0.25) is 14.7 Å². The summed E-state index contributed by atoms with van der Waals surface area (Å²) in [5, 5.41) is 4.08. The number of piperazine rings is 1. The molecular formula is C32H34Cl2N4O2. The molecule has 2 atom stereocenters. The molecule has 1 fully saturated rings. The Morgan fingerprint density at radius 2 is 1.65 bits per heavy atom. The molecule has 2 unspecified atom stereocenters. The second-order valence-electron chi connectivity index (χ2n) is 10.8. The maximum atomic E-state index is 14.4. The third-order valence-corrected chi connectivity index (χ3v) is 7.96. The van der Waals surface area contributed by atoms with Crippen LogP contribution in [0.15, 0.2) is 71.7 Å². The summed E-state index contributed by atoms with van der Waals surface area (Å²) in [6.07, 6.45) is 1.78. The summed E-state index contributed by atoms with van der Waals surface area (Å²) in [6.45, 7) is 7.39. The van der Waals surface area contributed by atoms with Crippen molar-refractivity contribution in [3.05, 3.63) is 105 Å². The van der Waals surface area contributed by atoms with E-state index in [1.54, 1.807) is 9.80 Å². The lowest BCUT2D eigenvalue weighted by Crippen LogP contribution is -2.55. The number of halogens is 2. The molecule has 0 bridgehead atoms. The number of urea groups is 1. The van der Waals surface area contributed by atoms with E-state index in [0.717, 1.165) is 35.1 Å². The maximum Gasteiger partial charge on any atom is 0.326 e. The minimum absolute atomic E-state index is 0.00911. The Labute approximate surface area is 246 Å². The summed E-state index contributed by atoms with van der Waals surface area (Å²) in [5.41, 5.74) is 5.20. The third-order valence-electron chi connectivity index (χ3n) is 7.45. The van der Waals surface area contributed by atoms with Gasteiger partial charge in [-0.2, -0.15) is 0 Å². The molecule has 1 N–H and O–H groups in total. The van der Waals surface area contributed by atoms with Crippen molar-refractivity contribution < 1.29 is 9.59 Å². The lowest BCUT2D eigenvalue weighted by atomic mass is 9.93. The van der Waals surface area contributed by atoms with E-state index < -0.39 is 6.04 Å². The zero-order valence-electron chi connectivity index (χ0n) is 23.0. The highest BCUT2D eigenvalue weighted by molar-refractivity contribution is 6.30. The maximum absolute atomic E-state index is 14.4. The van der Waals surface area contributed by atoms with Crippen molar-refractivity contribution in [3.63, 3.8) is 0 Å². The van der Waals surface area contributed by atoms with Crippen molar-refractivity contribution in [2.24, 2.45) is 10.9 Å². The minimum atomic E-state index is -0.441. The third kappa shape index (κ3) is 5.89. The summed E-state index contributed by atoms with van der Waals surface area (Å²) in [5.74, 6) is 0.874. The summed E-state index contributed by atoms with van der Waals surface area (Å²) in [6, 6.07) is 20.6. The van der Waals surface area contributed by atoms with Crippen LogP contribution in [0.1, 0.15) is 60.7 Å². The van der Waals surface area contributed by atoms with E-state index >= 15 is 0 Å². The van der Waals surface area contributed by atoms with Gasteiger partial charge in [0.2, 0.25) is 5.91 Å². The van der Waals surface area contributed by atoms with Crippen LogP contribution in [0.3, 0.4) is 0 Å². The molecule has 3 amide bonds. The second-order valence-corrected chi connectivity index (χ2v) is 11.7. The zero-order chi connectivity index (χ0) is 28.4. The van der Waals surface area contributed by atoms with E-state index in [1.165, 1.54) is 5.56 Å². The van der Waals surface area contributed by atoms with Crippen molar-refractivity contribution in [1.82, 2.24) is 15.1 Å². The smallest absolute Gasteiger partial charge is 0.326 e. The van der Waals surface area contributed by atoms with Crippen LogP contribution >= 0.6 is 23.2 Å². The van der Waals surface area contributed by atoms with Crippen LogP contribution in [0, 0.1) is 5.92 Å². The normalized spacial score (nSPS) is 19.1. The van der Waals surface area contributed by atoms with Gasteiger partial charge in [-0.15, -0.1) is 0 Å². The Balaban J connectivity index is 1.71. The Hall–Kier alpha value is -3.35. The molecule has 6 nitrogen and oxygen atoms in total. The molecule has 0 radical (unpaired) electrons. The number of hydrogen-bond acceptors (Lipinski definition) is 3. The lowest BCUT2D eigenvalue weighted by Gasteiger charge is -2.36. The van der Waals surface area contributed by atoms with E-state index in [4.69, 9.17) is 28.2 Å². The molecule has 5 rings (SSSR count). The van der Waals surface area contributed by atoms with Crippen molar-refractivity contribution in [1.29, 1.82) is 0 Å². The van der Waals surface area contributed by atoms with Gasteiger partial charge in [0.1, 0.15) is 18.4 Å². The summed E-state index contributed by atoms with van der Waals surface area (Å²) >= 11 is 12.5. The number of rotatable bonds is 6. The van der Waals surface area contributed by atoms with E-state index in [0.29, 0.717) is 34.9 Å². The second kappa shape index (κ2) is 12.0. The molecule has 3 aromatic rings. The van der Waals surface area contributed by atoms with E-state index in [2.05, 4.69) is 44.3 Å². The minimum Gasteiger partial charge on any atom is -0.353 e. The lowest BCUT2D eigenvalue weighted by molar-refractivity contribution is -0.123. The van der Waals surface area contributed by atoms with Gasteiger partial charge in [-0.1, -0.05) is 86.4 Å². The highest BCUT2D eigenvalue weighted by Crippen LogP contribution is 2.45. The molecule has 2 aliphatic rings. The average molecular weight is 578 g/mol. The average Bonchev–Trinajstić information content (AvgIpc) is 3.33. The van der Waals surface area contributed by atoms with Crippen LogP contribution in [-0.4, -0.2) is 47.2 Å². The SMILES string of the molecule is CCc1ccc(C2=NC(c3ccc(Cl)cc3)C(c3ccc(Cl)cc3)N2C(=O)N2CCNC(=O)C2)c(CC(C)C)c1. The van der Waals surface area contributed by atoms with Crippen molar-refractivity contribution in [3.8, 4) is 0 Å². The zero-order valence-corrected chi connectivity index (χ0v) is 24.5. The fraction of sp³-hybridized carbons (Fsp3) is 0.344. The van der Waals surface area contributed by atoms with Crippen molar-refractivity contribution in [2.75, 3.05) is 19.6 Å². The first-order valence-electron chi connectivity index (χ1n) is 13.8. The number of carbonyl (C=O) groups excluding carboxylic acids is 2. The number of amides is 3. The van der Waals surface area contributed by atoms with Crippen LogP contribution in [-0.2, 0) is 17.6 Å². The van der Waals surface area contributed by atoms with Crippen LogP contribution in [0.2, 0.25) is 10.0 Å². The molecule has 1 saturated heterocycles. The molecule has 0 spiro atoms. The molecule has 40 heavy (non-hydrogen) atoms. The first-order chi connectivity index (χ1) is 19.2. The molecule has 208 valence electrons. The molecule has 0 saturated carbocycles. The molecule has 2 aliphatic heterocycles. The van der Waals surface area contributed by atoms with Crippen LogP contribution in [0.4, 0.5) is 4.79 Å². The topological polar surface area (TPSA) is 65.0 Å². The van der Waals surface area contributed by atoms with Gasteiger partial charge in [0, 0.05) is 28.7 Å². The van der Waals surface area contributed by atoms with Gasteiger partial charge in [0.05, 0.1) is 6.04 Å². The quantitative estimate of drug-likeness (QED) is 0.348. The van der Waals surface area contributed by atoms with Gasteiger partial charge in [0.25, 0.3) is 0 Å². The van der Waals surface area contributed by atoms with Gasteiger partial charge in [-0.05, 0) is 65.3 Å². The monoisotopic (exact) mass is 576 g/mol. The van der Waals surface area contributed by atoms with Gasteiger partial charge < -0.3 is 10.2 Å². The molecule has 2 heterocycles. The van der Waals surface area contributed by atoms with E-state index in [1.807, 2.05) is 48.5 Å². The predicted octanol–water partition coefficient (Wildman–Crippen LogP) is 6.85. The summed E-state index contributed by atoms with van der Waals surface area (Å²) < 4.78 is 0. The molecule has 8 heteroatoms. The van der Waals surface area contributed by atoms with Gasteiger partial charge in [0.15, 0.2) is 0 Å². The highest BCUT2D eigenvalue weighted by atomic mass is 35.5. The molecule has 3 aromatic carbocycles. The largest absolute Gasteiger partial charge is 0.353 e. The van der Waals surface area contributed by atoms with Gasteiger partial charge >= 0.3 is 6.03 Å². The highest BCUT2D eigenvalue weighted by Gasteiger charge is 2.44. The fourth-order valence-corrected chi connectivity index (χ4v) is 5.75. The van der Waals surface area contributed by atoms with E-state index in [9.17, 15) is 9.59 Å². The Kier molecular flexibility index (Phi) is 8.48. The number of benzene rings is 3. The molecule has 0 aromatic heterocycles. The van der Waals surface area contributed by atoms with Crippen molar-refractivity contribution >= 4 is 41.0 Å². The van der Waals surface area contributed by atoms with E-state index in [-0.39, 0.29) is 24.5 Å². The first-order valence-corrected chi connectivity index (χ1v) is 14.6. The first kappa shape index (κ1) is 28.2. The Morgan fingerprint density at radius 1 is 1.00 bits per heavy atom.